The van der Waals surface area contributed by atoms with Gasteiger partial charge in [-0.05, 0) is 12.1 Å². The summed E-state index contributed by atoms with van der Waals surface area (Å²) in [4.78, 5) is 10.7. The van der Waals surface area contributed by atoms with Gasteiger partial charge in [0.25, 0.3) is 5.91 Å². The number of halogens is 1. The molecule has 1 amide bonds. The standard InChI is InChI=1S/C8H9FN2O2/c9-11-10-8(12)6-13-7-4-2-1-3-5-7/h1-5,11H,6H2,(H,10,12). The molecule has 5 heteroatoms. The highest BCUT2D eigenvalue weighted by Crippen LogP contribution is 2.07. The average molecular weight is 184 g/mol. The molecule has 0 aromatic heterocycles. The molecule has 0 bridgehead atoms. The molecular weight excluding hydrogens is 175 g/mol. The number of carbonyl (C=O) groups excluding carboxylic acids is 1. The zero-order valence-electron chi connectivity index (χ0n) is 6.79. The van der Waals surface area contributed by atoms with Gasteiger partial charge in [-0.25, -0.2) is 0 Å². The summed E-state index contributed by atoms with van der Waals surface area (Å²) in [6.45, 7) is -0.221. The van der Waals surface area contributed by atoms with Crippen LogP contribution in [0, 0.1) is 0 Å². The Bertz CT molecular complexity index is 266. The van der Waals surface area contributed by atoms with Crippen LogP contribution in [0.5, 0.6) is 5.75 Å². The molecule has 0 radical (unpaired) electrons. The SMILES string of the molecule is O=C(COc1ccccc1)NNF. The number of ether oxygens (including phenoxy) is 1. The minimum Gasteiger partial charge on any atom is -0.484 e. The fourth-order valence-electron chi connectivity index (χ4n) is 0.754. The Morgan fingerprint density at radius 2 is 2.08 bits per heavy atom. The van der Waals surface area contributed by atoms with Gasteiger partial charge in [0, 0.05) is 0 Å². The van der Waals surface area contributed by atoms with Crippen LogP contribution in [-0.2, 0) is 4.79 Å². The summed E-state index contributed by atoms with van der Waals surface area (Å²) in [5.41, 5.74) is 2.76. The molecule has 0 atom stereocenters. The molecule has 70 valence electrons. The van der Waals surface area contributed by atoms with Crippen molar-refractivity contribution in [1.29, 1.82) is 0 Å². The quantitative estimate of drug-likeness (QED) is 0.531. The molecule has 0 aliphatic heterocycles. The molecule has 0 spiro atoms. The third kappa shape index (κ3) is 3.53. The highest BCUT2D eigenvalue weighted by atomic mass is 19.2. The van der Waals surface area contributed by atoms with E-state index >= 15 is 0 Å². The van der Waals surface area contributed by atoms with Crippen molar-refractivity contribution in [2.24, 2.45) is 0 Å². The lowest BCUT2D eigenvalue weighted by molar-refractivity contribution is -0.125. The summed E-state index contributed by atoms with van der Waals surface area (Å²) in [6, 6.07) is 8.80. The summed E-state index contributed by atoms with van der Waals surface area (Å²) < 4.78 is 16.3. The predicted molar refractivity (Wildman–Crippen MR) is 44.3 cm³/mol. The Kier molecular flexibility index (Phi) is 3.72. The van der Waals surface area contributed by atoms with Crippen LogP contribution in [-0.4, -0.2) is 12.5 Å². The summed E-state index contributed by atoms with van der Waals surface area (Å²) >= 11 is 0. The fourth-order valence-corrected chi connectivity index (χ4v) is 0.754. The lowest BCUT2D eigenvalue weighted by Crippen LogP contribution is -2.35. The Morgan fingerprint density at radius 1 is 1.38 bits per heavy atom. The van der Waals surface area contributed by atoms with E-state index in [9.17, 15) is 9.28 Å². The molecule has 0 aliphatic carbocycles. The van der Waals surface area contributed by atoms with E-state index in [1.54, 1.807) is 29.7 Å². The summed E-state index contributed by atoms with van der Waals surface area (Å²) in [5.74, 6) is -0.0112. The van der Waals surface area contributed by atoms with Crippen LogP contribution < -0.4 is 15.8 Å². The first-order valence-corrected chi connectivity index (χ1v) is 3.65. The number of carbonyl (C=O) groups is 1. The lowest BCUT2D eigenvalue weighted by atomic mass is 10.3. The van der Waals surface area contributed by atoms with Crippen molar-refractivity contribution in [1.82, 2.24) is 11.1 Å². The van der Waals surface area contributed by atoms with Crippen molar-refractivity contribution >= 4 is 5.91 Å². The summed E-state index contributed by atoms with van der Waals surface area (Å²) in [5, 5.41) is 0. The van der Waals surface area contributed by atoms with Crippen LogP contribution in [0.15, 0.2) is 30.3 Å². The topological polar surface area (TPSA) is 50.4 Å². The molecule has 0 heterocycles. The minimum atomic E-state index is -0.577. The average Bonchev–Trinajstić information content (AvgIpc) is 2.17. The molecule has 13 heavy (non-hydrogen) atoms. The maximum atomic E-state index is 11.3. The highest BCUT2D eigenvalue weighted by Gasteiger charge is 2.00. The van der Waals surface area contributed by atoms with Crippen LogP contribution in [0.3, 0.4) is 0 Å². The van der Waals surface area contributed by atoms with E-state index in [-0.39, 0.29) is 6.61 Å². The summed E-state index contributed by atoms with van der Waals surface area (Å²) in [6.07, 6.45) is 0. The van der Waals surface area contributed by atoms with Gasteiger partial charge in [-0.3, -0.25) is 10.2 Å². The lowest BCUT2D eigenvalue weighted by Gasteiger charge is -2.04. The Balaban J connectivity index is 2.31. The second-order valence-electron chi connectivity index (χ2n) is 2.24. The van der Waals surface area contributed by atoms with Gasteiger partial charge in [0.15, 0.2) is 6.61 Å². The number of hydrogen-bond donors (Lipinski definition) is 2. The van der Waals surface area contributed by atoms with E-state index in [1.165, 1.54) is 0 Å². The van der Waals surface area contributed by atoms with Crippen molar-refractivity contribution in [3.05, 3.63) is 30.3 Å². The Hall–Kier alpha value is -1.62. The predicted octanol–water partition coefficient (Wildman–Crippen LogP) is 0.571. The van der Waals surface area contributed by atoms with Gasteiger partial charge in [0.2, 0.25) is 0 Å². The third-order valence-electron chi connectivity index (χ3n) is 1.30. The first-order valence-electron chi connectivity index (χ1n) is 3.65. The van der Waals surface area contributed by atoms with Crippen LogP contribution in [0.1, 0.15) is 0 Å². The fraction of sp³-hybridized carbons (Fsp3) is 0.125. The van der Waals surface area contributed by atoms with Gasteiger partial charge in [0.1, 0.15) is 5.75 Å². The molecule has 2 N–H and O–H groups in total. The zero-order chi connectivity index (χ0) is 9.52. The Morgan fingerprint density at radius 3 is 2.69 bits per heavy atom. The van der Waals surface area contributed by atoms with Crippen molar-refractivity contribution in [2.75, 3.05) is 6.61 Å². The van der Waals surface area contributed by atoms with Crippen molar-refractivity contribution < 1.29 is 14.0 Å². The number of hydrazine groups is 1. The molecule has 1 aromatic rings. The van der Waals surface area contributed by atoms with Crippen LogP contribution in [0.2, 0.25) is 0 Å². The molecule has 4 nitrogen and oxygen atoms in total. The number of amides is 1. The summed E-state index contributed by atoms with van der Waals surface area (Å²) in [7, 11) is 0. The largest absolute Gasteiger partial charge is 0.484 e. The zero-order valence-corrected chi connectivity index (χ0v) is 6.79. The van der Waals surface area contributed by atoms with Crippen molar-refractivity contribution in [2.45, 2.75) is 0 Å². The van der Waals surface area contributed by atoms with Gasteiger partial charge in [-0.15, -0.1) is 4.48 Å². The molecule has 1 rings (SSSR count). The first kappa shape index (κ1) is 9.47. The number of benzene rings is 1. The van der Waals surface area contributed by atoms with Crippen molar-refractivity contribution in [3.8, 4) is 5.75 Å². The second kappa shape index (κ2) is 5.10. The third-order valence-corrected chi connectivity index (χ3v) is 1.30. The molecule has 0 saturated heterocycles. The van der Waals surface area contributed by atoms with E-state index in [2.05, 4.69) is 0 Å². The van der Waals surface area contributed by atoms with E-state index in [4.69, 9.17) is 4.74 Å². The van der Waals surface area contributed by atoms with Gasteiger partial charge in [0.05, 0.1) is 0 Å². The highest BCUT2D eigenvalue weighted by molar-refractivity contribution is 5.76. The van der Waals surface area contributed by atoms with E-state index in [1.807, 2.05) is 6.07 Å². The number of para-hydroxylation sites is 1. The van der Waals surface area contributed by atoms with E-state index in [0.717, 1.165) is 5.65 Å². The normalized spacial score (nSPS) is 9.31. The van der Waals surface area contributed by atoms with Gasteiger partial charge in [-0.1, -0.05) is 23.8 Å². The molecule has 0 unspecified atom stereocenters. The number of nitrogens with one attached hydrogen (secondary N) is 2. The maximum Gasteiger partial charge on any atom is 0.273 e. The second-order valence-corrected chi connectivity index (χ2v) is 2.24. The first-order chi connectivity index (χ1) is 6.33. The molecule has 0 aliphatic rings. The molecule has 0 fully saturated rings. The maximum absolute atomic E-state index is 11.3. The smallest absolute Gasteiger partial charge is 0.273 e. The van der Waals surface area contributed by atoms with Gasteiger partial charge < -0.3 is 4.74 Å². The van der Waals surface area contributed by atoms with Gasteiger partial charge in [-0.2, -0.15) is 0 Å². The van der Waals surface area contributed by atoms with E-state index < -0.39 is 5.91 Å². The van der Waals surface area contributed by atoms with Crippen LogP contribution in [0.25, 0.3) is 0 Å². The van der Waals surface area contributed by atoms with Crippen LogP contribution >= 0.6 is 0 Å². The number of rotatable bonds is 4. The van der Waals surface area contributed by atoms with E-state index in [0.29, 0.717) is 5.75 Å². The van der Waals surface area contributed by atoms with Crippen LogP contribution in [0.4, 0.5) is 4.48 Å². The monoisotopic (exact) mass is 184 g/mol. The van der Waals surface area contributed by atoms with Crippen molar-refractivity contribution in [3.63, 3.8) is 0 Å². The molecular formula is C8H9FN2O2. The Labute approximate surface area is 74.6 Å². The molecule has 1 aromatic carbocycles. The molecule has 0 saturated carbocycles. The van der Waals surface area contributed by atoms with Gasteiger partial charge >= 0.3 is 0 Å². The minimum absolute atomic E-state index is 0.221. The number of hydrogen-bond acceptors (Lipinski definition) is 3.